The van der Waals surface area contributed by atoms with Gasteiger partial charge in [-0.15, -0.1) is 0 Å². The number of carboxylic acid groups (broad SMARTS) is 1. The van der Waals surface area contributed by atoms with E-state index in [-0.39, 0.29) is 46.6 Å². The molecule has 2 aromatic rings. The largest absolute Gasteiger partial charge is 0.480 e. The van der Waals surface area contributed by atoms with Crippen LogP contribution in [0.5, 0.6) is 0 Å². The van der Waals surface area contributed by atoms with E-state index in [1.54, 1.807) is 41.5 Å². The van der Waals surface area contributed by atoms with Crippen LogP contribution in [0, 0.1) is 6.07 Å². The first-order valence-electron chi connectivity index (χ1n) is 9.77. The van der Waals surface area contributed by atoms with Crippen LogP contribution in [0.1, 0.15) is 47.1 Å². The Hall–Kier alpha value is -1.54. The van der Waals surface area contributed by atoms with Crippen molar-refractivity contribution >= 4 is 5.97 Å². The standard InChI is InChI=1S/C9H10O3.C6H5.3C3H8O.Ti/c10-9(11)7-12-6-8-4-2-1-3-5-8;1-2-4-6-5-3-1;3*1-3(2)4;/h1-5H,6-7H2,(H,10,11);1-5H;3*3-4H,1-2H3;/q;-1;;;;. The Morgan fingerprint density at radius 2 is 1.16 bits per heavy atom. The van der Waals surface area contributed by atoms with E-state index in [0.29, 0.717) is 6.61 Å². The zero-order valence-electron chi connectivity index (χ0n) is 19.5. The van der Waals surface area contributed by atoms with E-state index in [9.17, 15) is 4.79 Å². The summed E-state index contributed by atoms with van der Waals surface area (Å²) in [6.45, 7) is 10.4. The van der Waals surface area contributed by atoms with Gasteiger partial charge in [0.2, 0.25) is 0 Å². The van der Waals surface area contributed by atoms with Crippen molar-refractivity contribution in [3.8, 4) is 0 Å². The summed E-state index contributed by atoms with van der Waals surface area (Å²) in [6.07, 6.45) is -0.500. The monoisotopic (exact) mass is 471 g/mol. The number of carbonyl (C=O) groups is 1. The third kappa shape index (κ3) is 58.5. The van der Waals surface area contributed by atoms with Gasteiger partial charge in [0, 0.05) is 40.0 Å². The van der Waals surface area contributed by atoms with Gasteiger partial charge >= 0.3 is 5.97 Å². The maximum atomic E-state index is 10.1. The molecule has 2 aromatic carbocycles. The van der Waals surface area contributed by atoms with Gasteiger partial charge in [-0.25, -0.2) is 4.79 Å². The van der Waals surface area contributed by atoms with E-state index >= 15 is 0 Å². The van der Waals surface area contributed by atoms with Gasteiger partial charge in [0.1, 0.15) is 6.61 Å². The summed E-state index contributed by atoms with van der Waals surface area (Å²) in [5, 5.41) is 32.4. The molecular weight excluding hydrogens is 432 g/mol. The summed E-state index contributed by atoms with van der Waals surface area (Å²) in [6, 6.07) is 22.0. The van der Waals surface area contributed by atoms with Crippen LogP contribution in [0.25, 0.3) is 0 Å². The van der Waals surface area contributed by atoms with Crippen molar-refractivity contribution < 1.29 is 51.7 Å². The summed E-state index contributed by atoms with van der Waals surface area (Å²) in [7, 11) is 0. The maximum Gasteiger partial charge on any atom is 0.329 e. The SMILES string of the molecule is CC(C)O.CC(C)O.CC(C)O.O=C(O)COCc1ccccc1.[Ti].[c-]1ccccc1. The fraction of sp³-hybridized carbons (Fsp3) is 0.458. The Labute approximate surface area is 202 Å². The average Bonchev–Trinajstić information content (AvgIpc) is 2.63. The fourth-order valence-corrected chi connectivity index (χ4v) is 1.17. The maximum absolute atomic E-state index is 10.1. The van der Waals surface area contributed by atoms with Crippen molar-refractivity contribution in [3.63, 3.8) is 0 Å². The van der Waals surface area contributed by atoms with E-state index in [0.717, 1.165) is 5.56 Å². The number of aliphatic hydroxyl groups is 3. The number of ether oxygens (including phenoxy) is 1. The van der Waals surface area contributed by atoms with Crippen LogP contribution in [0.4, 0.5) is 0 Å². The quantitative estimate of drug-likeness (QED) is 0.398. The predicted molar refractivity (Wildman–Crippen MR) is 121 cm³/mol. The molecule has 0 saturated carbocycles. The van der Waals surface area contributed by atoms with Crippen molar-refractivity contribution in [1.82, 2.24) is 0 Å². The predicted octanol–water partition coefficient (Wildman–Crippen LogP) is 3.93. The number of carboxylic acids is 1. The Kier molecular flexibility index (Phi) is 33.8. The molecule has 0 amide bonds. The Balaban J connectivity index is -0.000000163. The van der Waals surface area contributed by atoms with Gasteiger partial charge in [-0.2, -0.15) is 36.4 Å². The molecule has 31 heavy (non-hydrogen) atoms. The molecule has 0 bridgehead atoms. The zero-order valence-corrected chi connectivity index (χ0v) is 21.1. The van der Waals surface area contributed by atoms with E-state index in [1.165, 1.54) is 0 Å². The van der Waals surface area contributed by atoms with Gasteiger partial charge in [-0.3, -0.25) is 0 Å². The molecule has 0 aromatic heterocycles. The van der Waals surface area contributed by atoms with Gasteiger partial charge in [-0.1, -0.05) is 30.3 Å². The molecule has 0 saturated heterocycles. The second-order valence-corrected chi connectivity index (χ2v) is 6.73. The molecule has 0 radical (unpaired) electrons. The minimum Gasteiger partial charge on any atom is -0.480 e. The fourth-order valence-electron chi connectivity index (χ4n) is 1.17. The molecule has 0 heterocycles. The first-order chi connectivity index (χ1) is 14.0. The van der Waals surface area contributed by atoms with Crippen molar-refractivity contribution in [1.29, 1.82) is 0 Å². The number of hydrogen-bond acceptors (Lipinski definition) is 5. The minimum atomic E-state index is -0.939. The molecule has 2 rings (SSSR count). The first kappa shape index (κ1) is 36.8. The molecule has 0 spiro atoms. The molecule has 0 unspecified atom stereocenters. The Morgan fingerprint density at radius 1 is 0.806 bits per heavy atom. The topological polar surface area (TPSA) is 107 Å². The van der Waals surface area contributed by atoms with Gasteiger partial charge in [0.05, 0.1) is 6.61 Å². The van der Waals surface area contributed by atoms with Crippen LogP contribution < -0.4 is 0 Å². The van der Waals surface area contributed by atoms with E-state index < -0.39 is 5.97 Å². The third-order valence-corrected chi connectivity index (χ3v) is 1.94. The number of benzene rings is 2. The van der Waals surface area contributed by atoms with Crippen LogP contribution in [0.2, 0.25) is 0 Å². The van der Waals surface area contributed by atoms with Crippen molar-refractivity contribution in [2.75, 3.05) is 6.61 Å². The second kappa shape index (κ2) is 28.5. The summed E-state index contributed by atoms with van der Waals surface area (Å²) in [4.78, 5) is 10.1. The molecule has 6 nitrogen and oxygen atoms in total. The molecule has 0 atom stereocenters. The summed E-state index contributed by atoms with van der Waals surface area (Å²) < 4.78 is 4.88. The summed E-state index contributed by atoms with van der Waals surface area (Å²) in [5.41, 5.74) is 0.985. The third-order valence-electron chi connectivity index (χ3n) is 1.94. The molecule has 7 heteroatoms. The van der Waals surface area contributed by atoms with Crippen molar-refractivity contribution in [2.24, 2.45) is 0 Å². The smallest absolute Gasteiger partial charge is 0.329 e. The molecular formula is C24H39O6Ti-. The summed E-state index contributed by atoms with van der Waals surface area (Å²) in [5.74, 6) is -0.939. The van der Waals surface area contributed by atoms with Crippen LogP contribution in [0.3, 0.4) is 0 Å². The first-order valence-corrected chi connectivity index (χ1v) is 9.77. The van der Waals surface area contributed by atoms with Crippen LogP contribution in [-0.2, 0) is 37.9 Å². The number of hydrogen-bond donors (Lipinski definition) is 4. The van der Waals surface area contributed by atoms with Gasteiger partial charge in [0.15, 0.2) is 0 Å². The Morgan fingerprint density at radius 3 is 1.42 bits per heavy atom. The second-order valence-electron chi connectivity index (χ2n) is 6.73. The number of aliphatic hydroxyl groups excluding tert-OH is 3. The van der Waals surface area contributed by atoms with Crippen LogP contribution >= 0.6 is 0 Å². The molecule has 0 fully saturated rings. The van der Waals surface area contributed by atoms with Crippen LogP contribution in [-0.4, -0.2) is 51.3 Å². The Bertz CT molecular complexity index is 514. The molecule has 0 aliphatic heterocycles. The van der Waals surface area contributed by atoms with E-state index in [2.05, 4.69) is 6.07 Å². The number of rotatable bonds is 4. The normalized spacial score (nSPS) is 8.77. The average molecular weight is 471 g/mol. The van der Waals surface area contributed by atoms with Gasteiger partial charge in [-0.05, 0) is 47.1 Å². The van der Waals surface area contributed by atoms with Gasteiger partial charge in [0.25, 0.3) is 0 Å². The summed E-state index contributed by atoms with van der Waals surface area (Å²) >= 11 is 0. The number of aliphatic carboxylic acids is 1. The molecule has 176 valence electrons. The van der Waals surface area contributed by atoms with Crippen molar-refractivity contribution in [2.45, 2.75) is 66.5 Å². The van der Waals surface area contributed by atoms with Crippen LogP contribution in [0.15, 0.2) is 60.7 Å². The van der Waals surface area contributed by atoms with E-state index in [1.807, 2.05) is 60.7 Å². The van der Waals surface area contributed by atoms with Gasteiger partial charge < -0.3 is 25.2 Å². The minimum absolute atomic E-state index is 0. The molecule has 0 aliphatic rings. The van der Waals surface area contributed by atoms with Crippen molar-refractivity contribution in [3.05, 3.63) is 72.3 Å². The molecule has 4 N–H and O–H groups in total. The van der Waals surface area contributed by atoms with E-state index in [4.69, 9.17) is 25.2 Å². The zero-order chi connectivity index (χ0) is 23.8. The molecule has 0 aliphatic carbocycles.